The lowest BCUT2D eigenvalue weighted by Gasteiger charge is -2.21. The predicted molar refractivity (Wildman–Crippen MR) is 395 cm³/mol. The second-order valence-electron chi connectivity index (χ2n) is 28.6. The molecule has 17 nitrogen and oxygen atoms in total. The average Bonchev–Trinajstić information content (AvgIpc) is 1.50. The summed E-state index contributed by atoms with van der Waals surface area (Å²) in [5, 5.41) is 10.6. The van der Waals surface area contributed by atoms with E-state index in [1.807, 2.05) is 0 Å². The van der Waals surface area contributed by atoms with Crippen LogP contribution >= 0.6 is 15.6 Å². The molecule has 0 rings (SSSR count). The van der Waals surface area contributed by atoms with Crippen LogP contribution in [0.3, 0.4) is 0 Å². The number of hydrogen-bond donors (Lipinski definition) is 3. The summed E-state index contributed by atoms with van der Waals surface area (Å²) in [6, 6.07) is 0. The highest BCUT2D eigenvalue weighted by Gasteiger charge is 2.30. The van der Waals surface area contributed by atoms with Gasteiger partial charge in [-0.25, -0.2) is 9.13 Å². The Morgan fingerprint density at radius 3 is 0.701 bits per heavy atom. The zero-order chi connectivity index (χ0) is 71.2. The molecule has 0 aromatic heterocycles. The third kappa shape index (κ3) is 72.2. The smallest absolute Gasteiger partial charge is 0.462 e. The average molecular weight is 1420 g/mol. The van der Waals surface area contributed by atoms with E-state index in [9.17, 15) is 43.2 Å². The van der Waals surface area contributed by atoms with Gasteiger partial charge in [-0.2, -0.15) is 0 Å². The molecule has 0 amide bonds. The van der Waals surface area contributed by atoms with Crippen molar-refractivity contribution in [2.75, 3.05) is 39.6 Å². The molecule has 0 spiro atoms. The SMILES string of the molecule is CCCCCCCCCCCCCCCCCC(=O)OC[C@H](COP(=O)(O)OC[C@@H](O)COP(=O)(O)OC[C@@H](COC(=O)CCCCCCCCCCCCCC)OC(=O)CCCCCCCCCCCCCC)OC(=O)CCCCCCCCCCCCCCCCCC(C)C. The van der Waals surface area contributed by atoms with Crippen molar-refractivity contribution in [1.29, 1.82) is 0 Å². The van der Waals surface area contributed by atoms with Gasteiger partial charge in [0, 0.05) is 25.7 Å². The molecule has 0 saturated carbocycles. The quantitative estimate of drug-likeness (QED) is 0.0222. The van der Waals surface area contributed by atoms with Crippen LogP contribution in [0, 0.1) is 5.92 Å². The van der Waals surface area contributed by atoms with E-state index < -0.39 is 97.5 Å². The van der Waals surface area contributed by atoms with Gasteiger partial charge in [-0.05, 0) is 31.6 Å². The van der Waals surface area contributed by atoms with Gasteiger partial charge >= 0.3 is 39.5 Å². The van der Waals surface area contributed by atoms with Gasteiger partial charge in [-0.1, -0.05) is 362 Å². The van der Waals surface area contributed by atoms with Crippen LogP contribution < -0.4 is 0 Å². The number of unbranched alkanes of at least 4 members (excludes halogenated alkanes) is 50. The molecule has 97 heavy (non-hydrogen) atoms. The molecule has 0 bridgehead atoms. The minimum Gasteiger partial charge on any atom is -0.462 e. The van der Waals surface area contributed by atoms with Crippen LogP contribution in [0.1, 0.15) is 413 Å². The van der Waals surface area contributed by atoms with E-state index in [-0.39, 0.29) is 25.7 Å². The van der Waals surface area contributed by atoms with E-state index in [4.69, 9.17) is 37.0 Å². The summed E-state index contributed by atoms with van der Waals surface area (Å²) in [6.45, 7) is 7.34. The number of aliphatic hydroxyl groups is 1. The lowest BCUT2D eigenvalue weighted by atomic mass is 10.0. The molecule has 0 heterocycles. The largest absolute Gasteiger partial charge is 0.472 e. The van der Waals surface area contributed by atoms with Gasteiger partial charge in [0.25, 0.3) is 0 Å². The molecule has 576 valence electrons. The van der Waals surface area contributed by atoms with E-state index in [0.717, 1.165) is 95.8 Å². The number of carbonyl (C=O) groups excluding carboxylic acids is 4. The van der Waals surface area contributed by atoms with E-state index >= 15 is 0 Å². The molecule has 0 saturated heterocycles. The molecule has 0 aliphatic rings. The van der Waals surface area contributed by atoms with Gasteiger partial charge in [0.2, 0.25) is 0 Å². The monoisotopic (exact) mass is 1420 g/mol. The highest BCUT2D eigenvalue weighted by atomic mass is 31.2. The highest BCUT2D eigenvalue weighted by Crippen LogP contribution is 2.45. The van der Waals surface area contributed by atoms with Crippen LogP contribution in [0.2, 0.25) is 0 Å². The van der Waals surface area contributed by atoms with Crippen molar-refractivity contribution < 1.29 is 80.2 Å². The Labute approximate surface area is 594 Å². The summed E-state index contributed by atoms with van der Waals surface area (Å²) in [7, 11) is -9.91. The van der Waals surface area contributed by atoms with Gasteiger partial charge < -0.3 is 33.8 Å². The topological polar surface area (TPSA) is 237 Å². The molecule has 0 fully saturated rings. The van der Waals surface area contributed by atoms with Gasteiger partial charge in [-0.15, -0.1) is 0 Å². The van der Waals surface area contributed by atoms with Gasteiger partial charge in [-0.3, -0.25) is 37.3 Å². The molecule has 19 heteroatoms. The van der Waals surface area contributed by atoms with Crippen molar-refractivity contribution in [2.24, 2.45) is 5.92 Å². The lowest BCUT2D eigenvalue weighted by molar-refractivity contribution is -0.161. The van der Waals surface area contributed by atoms with Crippen LogP contribution in [-0.4, -0.2) is 96.7 Å². The molecular formula is C78H152O17P2. The van der Waals surface area contributed by atoms with Crippen LogP contribution in [0.5, 0.6) is 0 Å². The number of phosphoric ester groups is 2. The van der Waals surface area contributed by atoms with E-state index in [2.05, 4.69) is 34.6 Å². The molecule has 0 aromatic carbocycles. The van der Waals surface area contributed by atoms with Crippen LogP contribution in [0.15, 0.2) is 0 Å². The third-order valence-corrected chi connectivity index (χ3v) is 20.2. The Morgan fingerprint density at radius 1 is 0.278 bits per heavy atom. The van der Waals surface area contributed by atoms with Crippen molar-refractivity contribution in [3.8, 4) is 0 Å². The van der Waals surface area contributed by atoms with Crippen molar-refractivity contribution in [1.82, 2.24) is 0 Å². The molecule has 5 atom stereocenters. The summed E-state index contributed by atoms with van der Waals surface area (Å²) >= 11 is 0. The lowest BCUT2D eigenvalue weighted by Crippen LogP contribution is -2.30. The Morgan fingerprint density at radius 2 is 0.474 bits per heavy atom. The molecule has 0 aliphatic heterocycles. The fourth-order valence-electron chi connectivity index (χ4n) is 12.1. The fourth-order valence-corrected chi connectivity index (χ4v) is 13.6. The maximum atomic E-state index is 13.1. The number of ether oxygens (including phenoxy) is 4. The number of esters is 4. The van der Waals surface area contributed by atoms with Gasteiger partial charge in [0.15, 0.2) is 12.2 Å². The van der Waals surface area contributed by atoms with Crippen molar-refractivity contribution in [3.05, 3.63) is 0 Å². The molecule has 0 radical (unpaired) electrons. The first kappa shape index (κ1) is 95.1. The Kier molecular flexibility index (Phi) is 69.6. The number of aliphatic hydroxyl groups excluding tert-OH is 1. The Balaban J connectivity index is 5.25. The summed E-state index contributed by atoms with van der Waals surface area (Å²) in [5.41, 5.74) is 0. The maximum absolute atomic E-state index is 13.1. The Hall–Kier alpha value is -1.94. The molecule has 3 N–H and O–H groups in total. The van der Waals surface area contributed by atoms with Gasteiger partial charge in [0.05, 0.1) is 26.4 Å². The molecule has 2 unspecified atom stereocenters. The van der Waals surface area contributed by atoms with E-state index in [1.165, 1.54) is 238 Å². The second kappa shape index (κ2) is 71.1. The molecular weight excluding hydrogens is 1270 g/mol. The van der Waals surface area contributed by atoms with E-state index in [1.54, 1.807) is 0 Å². The first-order chi connectivity index (χ1) is 47.0. The number of hydrogen-bond acceptors (Lipinski definition) is 15. The second-order valence-corrected chi connectivity index (χ2v) is 31.5. The summed E-state index contributed by atoms with van der Waals surface area (Å²) in [6.07, 6.45) is 60.8. The number of carbonyl (C=O) groups is 4. The molecule has 0 aromatic rings. The van der Waals surface area contributed by atoms with Crippen LogP contribution in [-0.2, 0) is 65.4 Å². The highest BCUT2D eigenvalue weighted by molar-refractivity contribution is 7.47. The van der Waals surface area contributed by atoms with Crippen molar-refractivity contribution in [3.63, 3.8) is 0 Å². The summed E-state index contributed by atoms with van der Waals surface area (Å²) in [5.74, 6) is -1.30. The minimum absolute atomic E-state index is 0.108. The maximum Gasteiger partial charge on any atom is 0.472 e. The molecule has 0 aliphatic carbocycles. The minimum atomic E-state index is -4.96. The summed E-state index contributed by atoms with van der Waals surface area (Å²) < 4.78 is 68.6. The van der Waals surface area contributed by atoms with Crippen molar-refractivity contribution in [2.45, 2.75) is 432 Å². The van der Waals surface area contributed by atoms with Crippen LogP contribution in [0.25, 0.3) is 0 Å². The Bertz CT molecular complexity index is 1860. The number of rotatable bonds is 78. The van der Waals surface area contributed by atoms with Crippen molar-refractivity contribution >= 4 is 39.5 Å². The predicted octanol–water partition coefficient (Wildman–Crippen LogP) is 23.3. The third-order valence-electron chi connectivity index (χ3n) is 18.3. The fraction of sp³-hybridized carbons (Fsp3) is 0.949. The van der Waals surface area contributed by atoms with E-state index in [0.29, 0.717) is 25.7 Å². The summed E-state index contributed by atoms with van der Waals surface area (Å²) in [4.78, 5) is 72.9. The standard InChI is InChI=1S/C78H152O17P2/c1-6-9-12-15-18-21-24-27-29-33-38-42-47-52-57-62-76(81)89-68-74(95-78(83)64-59-54-49-44-39-34-31-28-30-32-35-40-45-50-55-60-71(4)5)70-93-97(86,87)91-66-72(79)65-90-96(84,85)92-69-73(94-77(82)63-58-53-48-43-37-26-23-20-17-14-11-8-3)67-88-75(80)61-56-51-46-41-36-25-22-19-16-13-10-7-2/h71-74,79H,6-70H2,1-5H3,(H,84,85)(H,86,87)/t72-,73+,74+/m0/s1. The van der Waals surface area contributed by atoms with Gasteiger partial charge in [0.1, 0.15) is 19.3 Å². The number of phosphoric acid groups is 2. The first-order valence-corrected chi connectivity index (χ1v) is 43.6. The zero-order valence-electron chi connectivity index (χ0n) is 63.2. The zero-order valence-corrected chi connectivity index (χ0v) is 65.0. The van der Waals surface area contributed by atoms with Crippen LogP contribution in [0.4, 0.5) is 0 Å². The normalized spacial score (nSPS) is 13.9. The first-order valence-electron chi connectivity index (χ1n) is 40.6.